The molecule has 188 valence electrons. The number of nitrogens with zero attached hydrogens (tertiary/aromatic N) is 1. The van der Waals surface area contributed by atoms with Crippen molar-refractivity contribution < 1.29 is 19.1 Å². The zero-order valence-electron chi connectivity index (χ0n) is 21.5. The first-order chi connectivity index (χ1) is 16.0. The number of amides is 3. The van der Waals surface area contributed by atoms with Gasteiger partial charge in [-0.1, -0.05) is 57.5 Å². The van der Waals surface area contributed by atoms with Crippen molar-refractivity contribution in [3.63, 3.8) is 0 Å². The molecular weight excluding hydrogens is 430 g/mol. The molecule has 4 unspecified atom stereocenters. The van der Waals surface area contributed by atoms with Gasteiger partial charge >= 0.3 is 6.09 Å². The van der Waals surface area contributed by atoms with Gasteiger partial charge in [0.25, 0.3) is 0 Å². The Morgan fingerprint density at radius 1 is 1.26 bits per heavy atom. The van der Waals surface area contributed by atoms with Gasteiger partial charge < -0.3 is 20.3 Å². The van der Waals surface area contributed by atoms with Crippen molar-refractivity contribution in [2.75, 3.05) is 6.54 Å². The highest BCUT2D eigenvalue weighted by atomic mass is 16.6. The molecule has 1 aromatic rings. The number of unbranched alkanes of at least 4 members (excludes halogenated alkanes) is 2. The second kappa shape index (κ2) is 12.0. The fourth-order valence-corrected chi connectivity index (χ4v) is 3.92. The van der Waals surface area contributed by atoms with Gasteiger partial charge in [0.1, 0.15) is 17.7 Å². The molecule has 1 fully saturated rings. The van der Waals surface area contributed by atoms with E-state index < -0.39 is 23.8 Å². The van der Waals surface area contributed by atoms with Gasteiger partial charge in [-0.05, 0) is 63.6 Å². The van der Waals surface area contributed by atoms with Crippen LogP contribution in [0.4, 0.5) is 4.79 Å². The molecule has 1 saturated carbocycles. The van der Waals surface area contributed by atoms with E-state index >= 15 is 0 Å². The average Bonchev–Trinajstić information content (AvgIpc) is 3.48. The highest BCUT2D eigenvalue weighted by Gasteiger charge is 2.47. The number of hydrogen-bond donors (Lipinski definition) is 2. The minimum Gasteiger partial charge on any atom is -0.444 e. The number of carbonyl (C=O) groups excluding carboxylic acids is 3. The van der Waals surface area contributed by atoms with Gasteiger partial charge in [-0.2, -0.15) is 0 Å². The molecule has 2 N–H and O–H groups in total. The molecule has 0 saturated heterocycles. The van der Waals surface area contributed by atoms with Crippen LogP contribution < -0.4 is 10.6 Å². The Balaban J connectivity index is 2.35. The molecule has 2 rings (SSSR count). The third-order valence-corrected chi connectivity index (χ3v) is 5.85. The summed E-state index contributed by atoms with van der Waals surface area (Å²) in [6, 6.07) is 5.81. The number of alkyl carbamates (subject to hydrolysis) is 1. The summed E-state index contributed by atoms with van der Waals surface area (Å²) in [5.74, 6) is -0.247. The molecule has 3 amide bonds. The smallest absolute Gasteiger partial charge is 0.408 e. The van der Waals surface area contributed by atoms with Crippen LogP contribution in [0.1, 0.15) is 84.4 Å². The highest BCUT2D eigenvalue weighted by molar-refractivity contribution is 5.92. The first kappa shape index (κ1) is 27.4. The van der Waals surface area contributed by atoms with Crippen LogP contribution in [0.15, 0.2) is 30.8 Å². The first-order valence-electron chi connectivity index (χ1n) is 12.3. The number of carbonyl (C=O) groups is 3. The van der Waals surface area contributed by atoms with E-state index in [2.05, 4.69) is 31.1 Å². The third-order valence-electron chi connectivity index (χ3n) is 5.85. The van der Waals surface area contributed by atoms with Gasteiger partial charge in [-0.15, -0.1) is 0 Å². The lowest BCUT2D eigenvalue weighted by Gasteiger charge is -2.34. The van der Waals surface area contributed by atoms with E-state index in [-0.39, 0.29) is 23.8 Å². The van der Waals surface area contributed by atoms with Gasteiger partial charge in [0.05, 0.1) is 0 Å². The summed E-state index contributed by atoms with van der Waals surface area (Å²) in [5.41, 5.74) is 0.920. The second-order valence-electron chi connectivity index (χ2n) is 10.2. The zero-order chi connectivity index (χ0) is 25.5. The van der Waals surface area contributed by atoms with E-state index in [9.17, 15) is 14.4 Å². The Kier molecular flexibility index (Phi) is 9.71. The molecule has 1 aromatic carbocycles. The molecule has 0 bridgehead atoms. The standard InChI is InChI=1S/C27H41N3O4/c1-8-10-11-15-28-24(31)23(21-14-12-13-20(9-2)17-21)30(22-16-18(22)3)25(32)19(4)29-26(33)34-27(5,6)7/h9,12-14,17-19,22-23H,2,8,10-11,15-16H2,1,3-7H3,(H,28,31)(H,29,33). The fraction of sp³-hybridized carbons (Fsp3) is 0.593. The predicted octanol–water partition coefficient (Wildman–Crippen LogP) is 4.83. The molecule has 1 aliphatic carbocycles. The predicted molar refractivity (Wildman–Crippen MR) is 135 cm³/mol. The van der Waals surface area contributed by atoms with Crippen molar-refractivity contribution >= 4 is 24.0 Å². The molecule has 7 nitrogen and oxygen atoms in total. The largest absolute Gasteiger partial charge is 0.444 e. The lowest BCUT2D eigenvalue weighted by Crippen LogP contribution is -2.53. The Morgan fingerprint density at radius 3 is 2.50 bits per heavy atom. The van der Waals surface area contributed by atoms with E-state index in [1.807, 2.05) is 24.3 Å². The van der Waals surface area contributed by atoms with Gasteiger partial charge in [0, 0.05) is 12.6 Å². The maximum atomic E-state index is 13.7. The molecule has 1 aliphatic rings. The summed E-state index contributed by atoms with van der Waals surface area (Å²) in [6.07, 6.45) is 4.83. The topological polar surface area (TPSA) is 87.7 Å². The monoisotopic (exact) mass is 471 g/mol. The summed E-state index contributed by atoms with van der Waals surface area (Å²) < 4.78 is 5.32. The summed E-state index contributed by atoms with van der Waals surface area (Å²) >= 11 is 0. The molecular formula is C27H41N3O4. The van der Waals surface area contributed by atoms with Crippen LogP contribution in [0.2, 0.25) is 0 Å². The SMILES string of the molecule is C=Cc1cccc(C(C(=O)NCCCCC)N(C(=O)C(C)NC(=O)OC(C)(C)C)C2CC2C)c1. The van der Waals surface area contributed by atoms with Gasteiger partial charge in [0.15, 0.2) is 0 Å². The molecule has 7 heteroatoms. The van der Waals surface area contributed by atoms with E-state index in [1.165, 1.54) is 0 Å². The first-order valence-corrected chi connectivity index (χ1v) is 12.3. The molecule has 0 spiro atoms. The zero-order valence-corrected chi connectivity index (χ0v) is 21.5. The number of nitrogens with one attached hydrogen (secondary N) is 2. The van der Waals surface area contributed by atoms with E-state index in [1.54, 1.807) is 38.7 Å². The van der Waals surface area contributed by atoms with Crippen molar-refractivity contribution in [1.29, 1.82) is 0 Å². The third kappa shape index (κ3) is 7.89. The van der Waals surface area contributed by atoms with Crippen LogP contribution in [0.3, 0.4) is 0 Å². The van der Waals surface area contributed by atoms with Crippen molar-refractivity contribution in [3.8, 4) is 0 Å². The molecule has 0 radical (unpaired) electrons. The maximum Gasteiger partial charge on any atom is 0.408 e. The van der Waals surface area contributed by atoms with E-state index in [0.29, 0.717) is 6.54 Å². The molecule has 34 heavy (non-hydrogen) atoms. The average molecular weight is 472 g/mol. The van der Waals surface area contributed by atoms with Crippen LogP contribution in [0.25, 0.3) is 6.08 Å². The molecule has 0 aromatic heterocycles. The van der Waals surface area contributed by atoms with Gasteiger partial charge in [0.2, 0.25) is 11.8 Å². The summed E-state index contributed by atoms with van der Waals surface area (Å²) in [6.45, 7) is 15.5. The highest BCUT2D eigenvalue weighted by Crippen LogP contribution is 2.40. The normalized spacial score (nSPS) is 18.9. The van der Waals surface area contributed by atoms with Crippen LogP contribution in [0.5, 0.6) is 0 Å². The van der Waals surface area contributed by atoms with Crippen molar-refractivity contribution in [3.05, 3.63) is 42.0 Å². The lowest BCUT2D eigenvalue weighted by atomic mass is 10.00. The van der Waals surface area contributed by atoms with Crippen LogP contribution in [-0.4, -0.2) is 47.0 Å². The summed E-state index contributed by atoms with van der Waals surface area (Å²) in [5, 5.41) is 5.67. The fourth-order valence-electron chi connectivity index (χ4n) is 3.92. The van der Waals surface area contributed by atoms with E-state index in [4.69, 9.17) is 4.74 Å². The summed E-state index contributed by atoms with van der Waals surface area (Å²) in [4.78, 5) is 41.1. The summed E-state index contributed by atoms with van der Waals surface area (Å²) in [7, 11) is 0. The molecule has 4 atom stereocenters. The van der Waals surface area contributed by atoms with Crippen LogP contribution in [-0.2, 0) is 14.3 Å². The van der Waals surface area contributed by atoms with Crippen molar-refractivity contribution in [2.45, 2.75) is 91.0 Å². The Labute approximate surface area is 204 Å². The molecule has 0 heterocycles. The minimum absolute atomic E-state index is 0.0748. The van der Waals surface area contributed by atoms with Crippen molar-refractivity contribution in [2.24, 2.45) is 5.92 Å². The Bertz CT molecular complexity index is 877. The number of benzene rings is 1. The number of ether oxygens (including phenoxy) is 1. The molecule has 0 aliphatic heterocycles. The second-order valence-corrected chi connectivity index (χ2v) is 10.2. The number of hydrogen-bond acceptors (Lipinski definition) is 4. The Hall–Kier alpha value is -2.83. The number of rotatable bonds is 11. The van der Waals surface area contributed by atoms with Crippen LogP contribution in [0, 0.1) is 5.92 Å². The quantitative estimate of drug-likeness (QED) is 0.453. The van der Waals surface area contributed by atoms with Crippen LogP contribution >= 0.6 is 0 Å². The van der Waals surface area contributed by atoms with Gasteiger partial charge in [-0.3, -0.25) is 9.59 Å². The lowest BCUT2D eigenvalue weighted by molar-refractivity contribution is -0.143. The minimum atomic E-state index is -0.847. The van der Waals surface area contributed by atoms with E-state index in [0.717, 1.165) is 36.8 Å². The maximum absolute atomic E-state index is 13.7. The Morgan fingerprint density at radius 2 is 1.94 bits per heavy atom. The van der Waals surface area contributed by atoms with Gasteiger partial charge in [-0.25, -0.2) is 4.79 Å². The van der Waals surface area contributed by atoms with Crippen molar-refractivity contribution in [1.82, 2.24) is 15.5 Å².